The van der Waals surface area contributed by atoms with Gasteiger partial charge in [0.2, 0.25) is 0 Å². The molecule has 0 saturated heterocycles. The van der Waals surface area contributed by atoms with E-state index in [-0.39, 0.29) is 11.3 Å². The zero-order chi connectivity index (χ0) is 23.3. The molecule has 2 heteroatoms. The molecule has 0 spiro atoms. The molecule has 2 nitrogen and oxygen atoms in total. The van der Waals surface area contributed by atoms with E-state index in [9.17, 15) is 9.90 Å². The molecule has 5 aliphatic rings. The zero-order valence-electron chi connectivity index (χ0n) is 21.9. The smallest absolute Gasteiger partial charge is 0.310 e. The fourth-order valence-electron chi connectivity index (χ4n) is 11.0. The summed E-state index contributed by atoms with van der Waals surface area (Å²) in [6.07, 6.45) is 14.5. The standard InChI is InChI=1S/C30H48O2/c1-19-11-16-30(25(31)32)18-17-28(6)21(24(30)20(19)2)9-10-23-27(5)14-8-13-26(3,4)22(27)12-15-29(23,28)7/h9,19-20,22-24H,8,10-18H2,1-7H3,(H,31,32)/t19-,20+,22?,23-,24+,27+,28-,29-,30+/m1/s1. The largest absolute Gasteiger partial charge is 0.481 e. The first-order valence-corrected chi connectivity index (χ1v) is 13.8. The van der Waals surface area contributed by atoms with E-state index >= 15 is 0 Å². The Balaban J connectivity index is 1.62. The summed E-state index contributed by atoms with van der Waals surface area (Å²) in [5.74, 6) is 2.36. The van der Waals surface area contributed by atoms with Crippen LogP contribution in [-0.2, 0) is 4.79 Å². The van der Waals surface area contributed by atoms with Crippen molar-refractivity contribution in [2.45, 2.75) is 113 Å². The maximum Gasteiger partial charge on any atom is 0.310 e. The predicted octanol–water partition coefficient (Wildman–Crippen LogP) is 8.12. The van der Waals surface area contributed by atoms with Crippen LogP contribution in [0.3, 0.4) is 0 Å². The third-order valence-electron chi connectivity index (χ3n) is 13.2. The Bertz CT molecular complexity index is 840. The third kappa shape index (κ3) is 2.62. The molecule has 0 amide bonds. The van der Waals surface area contributed by atoms with Crippen LogP contribution in [0, 0.1) is 56.7 Å². The van der Waals surface area contributed by atoms with Crippen molar-refractivity contribution in [3.8, 4) is 0 Å². The minimum Gasteiger partial charge on any atom is -0.481 e. The van der Waals surface area contributed by atoms with Gasteiger partial charge in [0.15, 0.2) is 0 Å². The number of hydrogen-bond acceptors (Lipinski definition) is 1. The second-order valence-corrected chi connectivity index (χ2v) is 14.5. The summed E-state index contributed by atoms with van der Waals surface area (Å²) >= 11 is 0. The fourth-order valence-corrected chi connectivity index (χ4v) is 11.0. The molecule has 4 fully saturated rings. The van der Waals surface area contributed by atoms with Gasteiger partial charge in [-0.05, 0) is 109 Å². The topological polar surface area (TPSA) is 37.3 Å². The Morgan fingerprint density at radius 3 is 2.31 bits per heavy atom. The van der Waals surface area contributed by atoms with E-state index in [4.69, 9.17) is 0 Å². The SMILES string of the molecule is C[C@H]1[C@H](C)CC[C@]2(C(=O)O)CC[C@]3(C)C(=CC[C@@H]4[C@@]5(C)CCCC(C)(C)C5CC[C@]43C)[C@H]12. The second-order valence-electron chi connectivity index (χ2n) is 14.5. The number of carboxylic acids is 1. The molecule has 32 heavy (non-hydrogen) atoms. The summed E-state index contributed by atoms with van der Waals surface area (Å²) in [5.41, 5.74) is 2.38. The number of hydrogen-bond donors (Lipinski definition) is 1. The van der Waals surface area contributed by atoms with Crippen molar-refractivity contribution in [3.63, 3.8) is 0 Å². The summed E-state index contributed by atoms with van der Waals surface area (Å²) in [6, 6.07) is 0. The van der Waals surface area contributed by atoms with E-state index in [0.717, 1.165) is 37.5 Å². The Morgan fingerprint density at radius 1 is 0.906 bits per heavy atom. The molecule has 1 unspecified atom stereocenters. The molecule has 0 heterocycles. The van der Waals surface area contributed by atoms with Crippen molar-refractivity contribution in [1.29, 1.82) is 0 Å². The maximum atomic E-state index is 12.8. The molecule has 0 aliphatic heterocycles. The highest BCUT2D eigenvalue weighted by Gasteiger charge is 2.68. The average Bonchev–Trinajstić information content (AvgIpc) is 2.70. The van der Waals surface area contributed by atoms with Crippen molar-refractivity contribution in [3.05, 3.63) is 11.6 Å². The van der Waals surface area contributed by atoms with Gasteiger partial charge < -0.3 is 5.11 Å². The fraction of sp³-hybridized carbons (Fsp3) is 0.900. The molecule has 4 saturated carbocycles. The summed E-state index contributed by atoms with van der Waals surface area (Å²) in [7, 11) is 0. The molecule has 0 aromatic heterocycles. The average molecular weight is 441 g/mol. The second kappa shape index (κ2) is 6.88. The molecule has 0 aromatic carbocycles. The van der Waals surface area contributed by atoms with Gasteiger partial charge in [-0.2, -0.15) is 0 Å². The van der Waals surface area contributed by atoms with Gasteiger partial charge in [-0.3, -0.25) is 4.79 Å². The van der Waals surface area contributed by atoms with Gasteiger partial charge in [0, 0.05) is 0 Å². The Kier molecular flexibility index (Phi) is 4.94. The van der Waals surface area contributed by atoms with Gasteiger partial charge in [-0.15, -0.1) is 0 Å². The summed E-state index contributed by atoms with van der Waals surface area (Å²) in [6.45, 7) is 17.7. The first kappa shape index (κ1) is 23.0. The molecular formula is C30H48O2. The van der Waals surface area contributed by atoms with E-state index in [2.05, 4.69) is 54.5 Å². The number of allylic oxidation sites excluding steroid dienone is 2. The normalized spacial score (nSPS) is 54.3. The van der Waals surface area contributed by atoms with E-state index < -0.39 is 11.4 Å². The maximum absolute atomic E-state index is 12.8. The van der Waals surface area contributed by atoms with Gasteiger partial charge in [0.05, 0.1) is 5.41 Å². The molecule has 180 valence electrons. The highest BCUT2D eigenvalue weighted by Crippen LogP contribution is 2.75. The number of aliphatic carboxylic acids is 1. The summed E-state index contributed by atoms with van der Waals surface area (Å²) in [4.78, 5) is 12.8. The van der Waals surface area contributed by atoms with Gasteiger partial charge >= 0.3 is 5.97 Å². The number of rotatable bonds is 1. The molecule has 0 bridgehead atoms. The lowest BCUT2D eigenvalue weighted by molar-refractivity contribution is -0.189. The van der Waals surface area contributed by atoms with Crippen molar-refractivity contribution in [1.82, 2.24) is 0 Å². The van der Waals surface area contributed by atoms with E-state index in [1.165, 1.54) is 38.5 Å². The van der Waals surface area contributed by atoms with Gasteiger partial charge in [-0.25, -0.2) is 0 Å². The van der Waals surface area contributed by atoms with Crippen LogP contribution in [0.5, 0.6) is 0 Å². The predicted molar refractivity (Wildman–Crippen MR) is 131 cm³/mol. The quantitative estimate of drug-likeness (QED) is 0.418. The highest BCUT2D eigenvalue weighted by molar-refractivity contribution is 5.76. The van der Waals surface area contributed by atoms with Gasteiger partial charge in [0.1, 0.15) is 0 Å². The number of carboxylic acid groups (broad SMARTS) is 1. The van der Waals surface area contributed by atoms with Crippen LogP contribution in [0.2, 0.25) is 0 Å². The molecule has 5 aliphatic carbocycles. The Hall–Kier alpha value is -0.790. The van der Waals surface area contributed by atoms with Crippen molar-refractivity contribution >= 4 is 5.97 Å². The number of fused-ring (bicyclic) bond motifs is 7. The van der Waals surface area contributed by atoms with Crippen molar-refractivity contribution < 1.29 is 9.90 Å². The molecule has 0 aromatic rings. The highest BCUT2D eigenvalue weighted by atomic mass is 16.4. The van der Waals surface area contributed by atoms with Gasteiger partial charge in [-0.1, -0.05) is 66.5 Å². The minimum atomic E-state index is -0.519. The van der Waals surface area contributed by atoms with Crippen LogP contribution in [-0.4, -0.2) is 11.1 Å². The molecular weight excluding hydrogens is 392 g/mol. The Labute approximate surface area is 197 Å². The van der Waals surface area contributed by atoms with Crippen LogP contribution in [0.15, 0.2) is 11.6 Å². The van der Waals surface area contributed by atoms with Crippen LogP contribution in [0.4, 0.5) is 0 Å². The van der Waals surface area contributed by atoms with E-state index in [1.54, 1.807) is 5.57 Å². The molecule has 0 radical (unpaired) electrons. The van der Waals surface area contributed by atoms with Crippen LogP contribution in [0.25, 0.3) is 0 Å². The van der Waals surface area contributed by atoms with Crippen LogP contribution < -0.4 is 0 Å². The molecule has 9 atom stereocenters. The lowest BCUT2D eigenvalue weighted by Gasteiger charge is -2.71. The lowest BCUT2D eigenvalue weighted by atomic mass is 9.33. The monoisotopic (exact) mass is 440 g/mol. The lowest BCUT2D eigenvalue weighted by Crippen LogP contribution is -2.64. The van der Waals surface area contributed by atoms with Crippen molar-refractivity contribution in [2.24, 2.45) is 56.7 Å². The van der Waals surface area contributed by atoms with Gasteiger partial charge in [0.25, 0.3) is 0 Å². The van der Waals surface area contributed by atoms with E-state index in [0.29, 0.717) is 28.1 Å². The van der Waals surface area contributed by atoms with Crippen LogP contribution in [0.1, 0.15) is 113 Å². The van der Waals surface area contributed by atoms with Crippen LogP contribution >= 0.6 is 0 Å². The zero-order valence-corrected chi connectivity index (χ0v) is 21.9. The van der Waals surface area contributed by atoms with Crippen molar-refractivity contribution in [2.75, 3.05) is 0 Å². The summed E-state index contributed by atoms with van der Waals surface area (Å²) < 4.78 is 0. The molecule has 1 N–H and O–H groups in total. The molecule has 5 rings (SSSR count). The first-order valence-electron chi connectivity index (χ1n) is 13.8. The van der Waals surface area contributed by atoms with E-state index in [1.807, 2.05) is 0 Å². The Morgan fingerprint density at radius 2 is 1.62 bits per heavy atom. The number of carbonyl (C=O) groups is 1. The minimum absolute atomic E-state index is 0.153. The first-order chi connectivity index (χ1) is 14.8. The third-order valence-corrected chi connectivity index (χ3v) is 13.2. The summed E-state index contributed by atoms with van der Waals surface area (Å²) in [5, 5.41) is 10.5.